The lowest BCUT2D eigenvalue weighted by Gasteiger charge is -2.22. The van der Waals surface area contributed by atoms with E-state index in [4.69, 9.17) is 0 Å². The number of halogens is 2. The monoisotopic (exact) mass is 470 g/mol. The molecular weight excluding hydrogens is 451 g/mol. The first-order chi connectivity index (χ1) is 13.0. The van der Waals surface area contributed by atoms with Crippen LogP contribution in [0.3, 0.4) is 0 Å². The third kappa shape index (κ3) is 5.24. The number of rotatable bonds is 7. The Morgan fingerprint density at radius 3 is 2.25 bits per heavy atom. The fraction of sp³-hybridized carbons (Fsp3) is 0.263. The van der Waals surface area contributed by atoms with Crippen LogP contribution < -0.4 is 0 Å². The van der Waals surface area contributed by atoms with Crippen molar-refractivity contribution >= 4 is 37.6 Å². The molecule has 150 valence electrons. The number of nitrogens with zero attached hydrogens (tertiary/aromatic N) is 2. The molecule has 0 atom stereocenters. The van der Waals surface area contributed by atoms with E-state index < -0.39 is 28.3 Å². The number of ketones is 1. The average Bonchev–Trinajstić information content (AvgIpc) is 2.64. The highest BCUT2D eigenvalue weighted by molar-refractivity contribution is 9.10. The van der Waals surface area contributed by atoms with Crippen LogP contribution in [0, 0.1) is 5.82 Å². The van der Waals surface area contributed by atoms with Crippen LogP contribution in [0.25, 0.3) is 0 Å². The van der Waals surface area contributed by atoms with Crippen molar-refractivity contribution in [1.82, 2.24) is 9.21 Å². The Hall–Kier alpha value is -2.10. The average molecular weight is 471 g/mol. The molecule has 2 aromatic rings. The van der Waals surface area contributed by atoms with Gasteiger partial charge >= 0.3 is 0 Å². The Morgan fingerprint density at radius 1 is 1.07 bits per heavy atom. The van der Waals surface area contributed by atoms with Gasteiger partial charge in [0.15, 0.2) is 5.78 Å². The summed E-state index contributed by atoms with van der Waals surface area (Å²) < 4.78 is 40.7. The molecule has 0 fully saturated rings. The summed E-state index contributed by atoms with van der Waals surface area (Å²) in [4.78, 5) is 25.0. The summed E-state index contributed by atoms with van der Waals surface area (Å²) in [7, 11) is -1.14. The van der Waals surface area contributed by atoms with Crippen LogP contribution in [-0.4, -0.2) is 50.0 Å². The molecule has 9 heteroatoms. The molecule has 2 rings (SSSR count). The van der Waals surface area contributed by atoms with Crippen molar-refractivity contribution in [2.75, 3.05) is 20.6 Å². The maximum absolute atomic E-state index is 13.9. The lowest BCUT2D eigenvalue weighted by molar-refractivity contribution is -0.130. The molecule has 6 nitrogen and oxygen atoms in total. The topological polar surface area (TPSA) is 74.8 Å². The van der Waals surface area contributed by atoms with Crippen LogP contribution in [0.15, 0.2) is 51.8 Å². The number of amides is 1. The van der Waals surface area contributed by atoms with E-state index in [1.54, 1.807) is 12.1 Å². The largest absolute Gasteiger partial charge is 0.340 e. The van der Waals surface area contributed by atoms with Gasteiger partial charge in [-0.3, -0.25) is 9.59 Å². The fourth-order valence-electron chi connectivity index (χ4n) is 2.45. The predicted octanol–water partition coefficient (Wildman–Crippen LogP) is 3.07. The molecule has 0 heterocycles. The van der Waals surface area contributed by atoms with E-state index in [2.05, 4.69) is 15.9 Å². The number of hydrogen-bond donors (Lipinski definition) is 0. The second kappa shape index (κ2) is 8.93. The van der Waals surface area contributed by atoms with Crippen molar-refractivity contribution in [3.63, 3.8) is 0 Å². The molecule has 0 aliphatic rings. The highest BCUT2D eigenvalue weighted by Crippen LogP contribution is 2.18. The first-order valence-electron chi connectivity index (χ1n) is 8.27. The predicted molar refractivity (Wildman–Crippen MR) is 107 cm³/mol. The van der Waals surface area contributed by atoms with Gasteiger partial charge in [0.25, 0.3) is 0 Å². The van der Waals surface area contributed by atoms with Gasteiger partial charge in [0.1, 0.15) is 5.82 Å². The van der Waals surface area contributed by atoms with Crippen LogP contribution in [-0.2, 0) is 21.4 Å². The molecule has 1 amide bonds. The summed E-state index contributed by atoms with van der Waals surface area (Å²) in [6, 6.07) is 9.91. The molecule has 0 aromatic heterocycles. The number of likely N-dealkylation sites (N-methyl/N-ethyl adjacent to an activating group) is 2. The van der Waals surface area contributed by atoms with Gasteiger partial charge in [0.05, 0.1) is 11.4 Å². The van der Waals surface area contributed by atoms with Crippen LogP contribution in [0.2, 0.25) is 0 Å². The zero-order valence-electron chi connectivity index (χ0n) is 15.6. The fourth-order valence-corrected chi connectivity index (χ4v) is 3.97. The van der Waals surface area contributed by atoms with E-state index in [-0.39, 0.29) is 17.2 Å². The first-order valence-corrected chi connectivity index (χ1v) is 10.5. The van der Waals surface area contributed by atoms with Crippen molar-refractivity contribution in [3.05, 3.63) is 63.9 Å². The Bertz CT molecular complexity index is 993. The molecule has 0 unspecified atom stereocenters. The minimum atomic E-state index is -3.90. The maximum atomic E-state index is 13.9. The van der Waals surface area contributed by atoms with Gasteiger partial charge < -0.3 is 4.90 Å². The highest BCUT2D eigenvalue weighted by atomic mass is 79.9. The molecule has 2 aromatic carbocycles. The minimum absolute atomic E-state index is 0.00526. The number of carbonyl (C=O) groups is 2. The van der Waals surface area contributed by atoms with Gasteiger partial charge in [-0.2, -0.15) is 4.31 Å². The molecule has 0 saturated heterocycles. The van der Waals surface area contributed by atoms with Gasteiger partial charge in [0, 0.05) is 36.2 Å². The summed E-state index contributed by atoms with van der Waals surface area (Å²) in [6.07, 6.45) is 0. The van der Waals surface area contributed by atoms with Gasteiger partial charge in [-0.1, -0.05) is 28.1 Å². The van der Waals surface area contributed by atoms with Crippen LogP contribution in [0.5, 0.6) is 0 Å². The van der Waals surface area contributed by atoms with E-state index in [1.807, 2.05) is 0 Å². The van der Waals surface area contributed by atoms with E-state index in [0.29, 0.717) is 15.6 Å². The van der Waals surface area contributed by atoms with Crippen molar-refractivity contribution < 1.29 is 22.4 Å². The molecule has 28 heavy (non-hydrogen) atoms. The van der Waals surface area contributed by atoms with Gasteiger partial charge in [0.2, 0.25) is 15.9 Å². The van der Waals surface area contributed by atoms with Crippen molar-refractivity contribution in [3.8, 4) is 0 Å². The number of sulfonamides is 1. The number of benzene rings is 2. The van der Waals surface area contributed by atoms with Crippen molar-refractivity contribution in [1.29, 1.82) is 0 Å². The summed E-state index contributed by atoms with van der Waals surface area (Å²) in [6.45, 7) is 0.993. The molecule has 0 bridgehead atoms. The normalized spacial score (nSPS) is 11.5. The highest BCUT2D eigenvalue weighted by Gasteiger charge is 2.24. The van der Waals surface area contributed by atoms with Gasteiger partial charge in [-0.15, -0.1) is 0 Å². The van der Waals surface area contributed by atoms with E-state index in [0.717, 1.165) is 4.31 Å². The Morgan fingerprint density at radius 2 is 1.68 bits per heavy atom. The van der Waals surface area contributed by atoms with Crippen molar-refractivity contribution in [2.45, 2.75) is 18.4 Å². The Kier molecular flexibility index (Phi) is 7.08. The lowest BCUT2D eigenvalue weighted by atomic mass is 10.2. The van der Waals surface area contributed by atoms with Crippen molar-refractivity contribution in [2.24, 2.45) is 0 Å². The van der Waals surface area contributed by atoms with Crippen LogP contribution in [0.1, 0.15) is 22.8 Å². The second-order valence-electron chi connectivity index (χ2n) is 6.33. The van der Waals surface area contributed by atoms with E-state index >= 15 is 0 Å². The second-order valence-corrected chi connectivity index (χ2v) is 9.29. The zero-order valence-corrected chi connectivity index (χ0v) is 18.0. The van der Waals surface area contributed by atoms with E-state index in [1.165, 1.54) is 56.3 Å². The van der Waals surface area contributed by atoms with Crippen LogP contribution in [0.4, 0.5) is 4.39 Å². The van der Waals surface area contributed by atoms with Gasteiger partial charge in [-0.05, 0) is 37.3 Å². The van der Waals surface area contributed by atoms with Gasteiger partial charge in [-0.25, -0.2) is 12.8 Å². The molecule has 0 aliphatic carbocycles. The zero-order chi connectivity index (χ0) is 21.1. The summed E-state index contributed by atoms with van der Waals surface area (Å²) in [5, 5.41) is 0. The Labute approximate surface area is 172 Å². The molecule has 0 radical (unpaired) electrons. The number of carbonyl (C=O) groups excluding carboxylic acids is 2. The minimum Gasteiger partial charge on any atom is -0.340 e. The maximum Gasteiger partial charge on any atom is 0.243 e. The Balaban J connectivity index is 2.09. The summed E-state index contributed by atoms with van der Waals surface area (Å²) >= 11 is 3.25. The quantitative estimate of drug-likeness (QED) is 0.582. The molecule has 0 saturated carbocycles. The molecule has 0 aliphatic heterocycles. The number of hydrogen-bond acceptors (Lipinski definition) is 4. The molecular formula is C19H20BrFN2O4S. The third-order valence-electron chi connectivity index (χ3n) is 4.17. The third-order valence-corrected chi connectivity index (χ3v) is 6.48. The van der Waals surface area contributed by atoms with Crippen LogP contribution >= 0.6 is 15.9 Å². The summed E-state index contributed by atoms with van der Waals surface area (Å²) in [5.74, 6) is -1.10. The smallest absolute Gasteiger partial charge is 0.243 e. The molecule has 0 spiro atoms. The van der Waals surface area contributed by atoms with E-state index in [9.17, 15) is 22.4 Å². The summed E-state index contributed by atoms with van der Waals surface area (Å²) in [5.41, 5.74) is 0.712. The SMILES string of the molecule is CC(=O)c1ccc(S(=O)(=O)N(C)CC(=O)N(C)Cc2cc(Br)ccc2F)cc1. The number of Topliss-reactive ketones (excluding diaryl/α,β-unsaturated/α-hetero) is 1. The lowest BCUT2D eigenvalue weighted by Crippen LogP contribution is -2.39. The molecule has 0 N–H and O–H groups in total. The standard InChI is InChI=1S/C19H20BrFN2O4S/c1-13(24)14-4-7-17(8-5-14)28(26,27)23(3)12-19(25)22(2)11-15-10-16(20)6-9-18(15)21/h4-10H,11-12H2,1-3H3. The first kappa shape index (κ1) is 22.2.